The molecule has 2 aromatic rings. The quantitative estimate of drug-likeness (QED) is 0.861. The van der Waals surface area contributed by atoms with E-state index in [0.29, 0.717) is 19.6 Å². The van der Waals surface area contributed by atoms with Crippen molar-refractivity contribution in [1.82, 2.24) is 9.80 Å². The lowest BCUT2D eigenvalue weighted by molar-refractivity contribution is -0.136. The van der Waals surface area contributed by atoms with Gasteiger partial charge in [-0.2, -0.15) is 0 Å². The summed E-state index contributed by atoms with van der Waals surface area (Å²) in [5.41, 5.74) is 4.63. The maximum Gasteiger partial charge on any atom is 0.237 e. The van der Waals surface area contributed by atoms with E-state index in [1.165, 1.54) is 28.8 Å². The first-order valence-corrected chi connectivity index (χ1v) is 8.32. The van der Waals surface area contributed by atoms with Gasteiger partial charge in [0.25, 0.3) is 0 Å². The highest BCUT2D eigenvalue weighted by Gasteiger charge is 2.24. The number of amides is 1. The molecule has 1 amide bonds. The summed E-state index contributed by atoms with van der Waals surface area (Å²) >= 11 is 0. The number of nitrogens with zero attached hydrogens (tertiary/aromatic N) is 2. The molecule has 0 aromatic heterocycles. The third-order valence-corrected chi connectivity index (χ3v) is 4.55. The molecule has 126 valence electrons. The molecule has 0 spiro atoms. The molecule has 1 aliphatic heterocycles. The highest BCUT2D eigenvalue weighted by molar-refractivity contribution is 5.79. The first kappa shape index (κ1) is 16.7. The largest absolute Gasteiger partial charge is 0.336 e. The second-order valence-electron chi connectivity index (χ2n) is 6.59. The molecule has 1 heterocycles. The zero-order valence-electron chi connectivity index (χ0n) is 14.3. The van der Waals surface area contributed by atoms with Crippen LogP contribution in [-0.4, -0.2) is 35.3 Å². The number of rotatable bonds is 4. The Morgan fingerprint density at radius 1 is 1.04 bits per heavy atom. The average molecular weight is 326 g/mol. The Balaban J connectivity index is 1.60. The Kier molecular flexibility index (Phi) is 4.95. The summed E-state index contributed by atoms with van der Waals surface area (Å²) in [6.07, 6.45) is 0. The average Bonchev–Trinajstić information content (AvgIpc) is 2.53. The Hall–Kier alpha value is -2.20. The predicted octanol–water partition coefficient (Wildman–Crippen LogP) is 3.29. The van der Waals surface area contributed by atoms with Gasteiger partial charge in [-0.25, -0.2) is 4.39 Å². The molecule has 0 N–H and O–H groups in total. The molecule has 2 aromatic carbocycles. The van der Waals surface area contributed by atoms with E-state index in [9.17, 15) is 9.18 Å². The van der Waals surface area contributed by atoms with Crippen LogP contribution in [-0.2, 0) is 17.9 Å². The monoisotopic (exact) mass is 326 g/mol. The predicted molar refractivity (Wildman–Crippen MR) is 93.0 cm³/mol. The molecule has 1 fully saturated rings. The second kappa shape index (κ2) is 7.14. The van der Waals surface area contributed by atoms with Gasteiger partial charge in [0.15, 0.2) is 0 Å². The van der Waals surface area contributed by atoms with Crippen LogP contribution in [0.3, 0.4) is 0 Å². The first-order chi connectivity index (χ1) is 11.5. The number of halogens is 1. The SMILES string of the molecule is Cc1ccc(CN2CCN(Cc3cccc(F)c3)C(=O)C2)c(C)c1. The summed E-state index contributed by atoms with van der Waals surface area (Å²) in [6, 6.07) is 12.9. The molecule has 1 saturated heterocycles. The lowest BCUT2D eigenvalue weighted by atomic mass is 10.0. The molecule has 24 heavy (non-hydrogen) atoms. The van der Waals surface area contributed by atoms with Gasteiger partial charge in [-0.15, -0.1) is 0 Å². The molecule has 0 aliphatic carbocycles. The third-order valence-electron chi connectivity index (χ3n) is 4.55. The number of hydrogen-bond acceptors (Lipinski definition) is 2. The normalized spacial score (nSPS) is 15.8. The van der Waals surface area contributed by atoms with E-state index in [4.69, 9.17) is 0 Å². The minimum absolute atomic E-state index is 0.107. The minimum Gasteiger partial charge on any atom is -0.336 e. The zero-order valence-corrected chi connectivity index (χ0v) is 14.3. The number of carbonyl (C=O) groups excluding carboxylic acids is 1. The summed E-state index contributed by atoms with van der Waals surface area (Å²) < 4.78 is 13.3. The number of carbonyl (C=O) groups is 1. The Bertz CT molecular complexity index is 744. The van der Waals surface area contributed by atoms with Crippen LogP contribution in [0.1, 0.15) is 22.3 Å². The van der Waals surface area contributed by atoms with Crippen molar-refractivity contribution in [3.05, 3.63) is 70.5 Å². The Morgan fingerprint density at radius 2 is 1.88 bits per heavy atom. The molecule has 0 radical (unpaired) electrons. The van der Waals surface area contributed by atoms with E-state index in [2.05, 4.69) is 36.9 Å². The van der Waals surface area contributed by atoms with E-state index >= 15 is 0 Å². The summed E-state index contributed by atoms with van der Waals surface area (Å²) in [5.74, 6) is -0.149. The maximum absolute atomic E-state index is 13.3. The maximum atomic E-state index is 13.3. The number of benzene rings is 2. The van der Waals surface area contributed by atoms with Crippen molar-refractivity contribution in [1.29, 1.82) is 0 Å². The lowest BCUT2D eigenvalue weighted by Crippen LogP contribution is -2.49. The van der Waals surface area contributed by atoms with Crippen LogP contribution in [0, 0.1) is 19.7 Å². The number of hydrogen-bond donors (Lipinski definition) is 0. The third kappa shape index (κ3) is 4.01. The van der Waals surface area contributed by atoms with Crippen LogP contribution >= 0.6 is 0 Å². The van der Waals surface area contributed by atoms with Crippen molar-refractivity contribution in [2.45, 2.75) is 26.9 Å². The van der Waals surface area contributed by atoms with Crippen molar-refractivity contribution < 1.29 is 9.18 Å². The molecule has 4 heteroatoms. The van der Waals surface area contributed by atoms with Gasteiger partial charge >= 0.3 is 0 Å². The van der Waals surface area contributed by atoms with Crippen molar-refractivity contribution in [3.63, 3.8) is 0 Å². The van der Waals surface area contributed by atoms with Crippen LogP contribution < -0.4 is 0 Å². The standard InChI is InChI=1S/C20H23FN2O/c1-15-6-7-18(16(2)10-15)13-22-8-9-23(20(24)14-22)12-17-4-3-5-19(21)11-17/h3-7,10-11H,8-9,12-14H2,1-2H3. The summed E-state index contributed by atoms with van der Waals surface area (Å²) in [6.45, 7) is 7.42. The fraction of sp³-hybridized carbons (Fsp3) is 0.350. The Labute approximate surface area is 142 Å². The van der Waals surface area contributed by atoms with Gasteiger partial charge in [0.2, 0.25) is 5.91 Å². The number of piperazine rings is 1. The van der Waals surface area contributed by atoms with E-state index in [1.807, 2.05) is 11.0 Å². The fourth-order valence-electron chi connectivity index (χ4n) is 3.18. The van der Waals surface area contributed by atoms with Gasteiger partial charge < -0.3 is 4.90 Å². The molecular formula is C20H23FN2O. The van der Waals surface area contributed by atoms with E-state index in [0.717, 1.165) is 18.7 Å². The zero-order chi connectivity index (χ0) is 17.1. The lowest BCUT2D eigenvalue weighted by Gasteiger charge is -2.34. The highest BCUT2D eigenvalue weighted by Crippen LogP contribution is 2.16. The summed E-state index contributed by atoms with van der Waals surface area (Å²) in [7, 11) is 0. The van der Waals surface area contributed by atoms with Gasteiger partial charge in [-0.1, -0.05) is 35.9 Å². The first-order valence-electron chi connectivity index (χ1n) is 8.32. The van der Waals surface area contributed by atoms with Crippen LogP contribution in [0.5, 0.6) is 0 Å². The van der Waals surface area contributed by atoms with E-state index < -0.39 is 0 Å². The molecule has 0 bridgehead atoms. The molecule has 0 unspecified atom stereocenters. The molecular weight excluding hydrogens is 303 g/mol. The molecule has 1 aliphatic rings. The van der Waals surface area contributed by atoms with Crippen molar-refractivity contribution in [2.75, 3.05) is 19.6 Å². The molecule has 3 nitrogen and oxygen atoms in total. The van der Waals surface area contributed by atoms with Crippen molar-refractivity contribution in [2.24, 2.45) is 0 Å². The van der Waals surface area contributed by atoms with Gasteiger partial charge in [0.05, 0.1) is 6.54 Å². The minimum atomic E-state index is -0.256. The van der Waals surface area contributed by atoms with Crippen molar-refractivity contribution >= 4 is 5.91 Å². The summed E-state index contributed by atoms with van der Waals surface area (Å²) in [4.78, 5) is 16.4. The van der Waals surface area contributed by atoms with Gasteiger partial charge in [0.1, 0.15) is 5.82 Å². The smallest absolute Gasteiger partial charge is 0.237 e. The van der Waals surface area contributed by atoms with Crippen LogP contribution in [0.25, 0.3) is 0 Å². The van der Waals surface area contributed by atoms with Crippen LogP contribution in [0.2, 0.25) is 0 Å². The topological polar surface area (TPSA) is 23.6 Å². The van der Waals surface area contributed by atoms with Gasteiger partial charge in [-0.05, 0) is 42.7 Å². The summed E-state index contributed by atoms with van der Waals surface area (Å²) in [5, 5.41) is 0. The van der Waals surface area contributed by atoms with Crippen LogP contribution in [0.4, 0.5) is 4.39 Å². The van der Waals surface area contributed by atoms with Crippen LogP contribution in [0.15, 0.2) is 42.5 Å². The molecule has 3 rings (SSSR count). The Morgan fingerprint density at radius 3 is 2.58 bits per heavy atom. The highest BCUT2D eigenvalue weighted by atomic mass is 19.1. The van der Waals surface area contributed by atoms with E-state index in [-0.39, 0.29) is 11.7 Å². The fourth-order valence-corrected chi connectivity index (χ4v) is 3.18. The molecule has 0 atom stereocenters. The van der Waals surface area contributed by atoms with Gasteiger partial charge in [-0.3, -0.25) is 9.69 Å². The molecule has 0 saturated carbocycles. The second-order valence-corrected chi connectivity index (χ2v) is 6.59. The van der Waals surface area contributed by atoms with E-state index in [1.54, 1.807) is 6.07 Å². The van der Waals surface area contributed by atoms with Gasteiger partial charge in [0, 0.05) is 26.2 Å². The number of aryl methyl sites for hydroxylation is 2. The van der Waals surface area contributed by atoms with Crippen molar-refractivity contribution in [3.8, 4) is 0 Å².